The van der Waals surface area contributed by atoms with Gasteiger partial charge in [-0.3, -0.25) is 9.59 Å². The van der Waals surface area contributed by atoms with Gasteiger partial charge in [-0.25, -0.2) is 0 Å². The Morgan fingerprint density at radius 3 is 1.48 bits per heavy atom. The SMILES string of the molecule is CC1=C(C=CC(=O)CC(=O)C=CC2=C(C)CCCC2(C)C)C(C)(C)CCC1. The van der Waals surface area contributed by atoms with Crippen LogP contribution in [0.5, 0.6) is 0 Å². The summed E-state index contributed by atoms with van der Waals surface area (Å²) in [6.07, 6.45) is 14.0. The van der Waals surface area contributed by atoms with Gasteiger partial charge in [-0.2, -0.15) is 0 Å². The van der Waals surface area contributed by atoms with Crippen molar-refractivity contribution in [2.45, 2.75) is 86.5 Å². The average molecular weight is 369 g/mol. The lowest BCUT2D eigenvalue weighted by Crippen LogP contribution is -2.19. The molecule has 0 saturated heterocycles. The molecule has 0 aliphatic heterocycles. The predicted molar refractivity (Wildman–Crippen MR) is 114 cm³/mol. The highest BCUT2D eigenvalue weighted by atomic mass is 16.1. The summed E-state index contributed by atoms with van der Waals surface area (Å²) < 4.78 is 0. The standard InChI is InChI=1S/C25H36O2/c1-18-9-7-15-24(3,4)22(18)13-11-20(26)17-21(27)12-14-23-19(2)10-8-16-25(23,5)6/h11-14H,7-10,15-17H2,1-6H3. The molecule has 2 heteroatoms. The summed E-state index contributed by atoms with van der Waals surface area (Å²) in [4.78, 5) is 24.6. The Balaban J connectivity index is 2.01. The van der Waals surface area contributed by atoms with Crippen LogP contribution in [0.2, 0.25) is 0 Å². The van der Waals surface area contributed by atoms with Crippen LogP contribution in [-0.4, -0.2) is 11.6 Å². The number of rotatable bonds is 6. The first kappa shape index (κ1) is 21.6. The molecule has 0 aromatic rings. The Kier molecular flexibility index (Phi) is 6.83. The van der Waals surface area contributed by atoms with E-state index in [1.165, 1.54) is 35.1 Å². The first-order chi connectivity index (χ1) is 12.5. The second-order valence-electron chi connectivity index (χ2n) is 9.64. The molecule has 2 aliphatic rings. The summed E-state index contributed by atoms with van der Waals surface area (Å²) >= 11 is 0. The van der Waals surface area contributed by atoms with Gasteiger partial charge in [0, 0.05) is 0 Å². The molecule has 0 aromatic heterocycles. The number of hydrogen-bond donors (Lipinski definition) is 0. The molecule has 0 aromatic carbocycles. The van der Waals surface area contributed by atoms with Crippen LogP contribution in [0, 0.1) is 10.8 Å². The minimum atomic E-state index is -0.111. The van der Waals surface area contributed by atoms with Crippen LogP contribution in [0.4, 0.5) is 0 Å². The van der Waals surface area contributed by atoms with Crippen molar-refractivity contribution in [1.29, 1.82) is 0 Å². The summed E-state index contributed by atoms with van der Waals surface area (Å²) in [5.41, 5.74) is 5.47. The van der Waals surface area contributed by atoms with E-state index >= 15 is 0 Å². The Bertz CT molecular complexity index is 661. The molecule has 0 amide bonds. The minimum Gasteiger partial charge on any atom is -0.294 e. The van der Waals surface area contributed by atoms with Crippen molar-refractivity contribution in [3.8, 4) is 0 Å². The topological polar surface area (TPSA) is 34.1 Å². The van der Waals surface area contributed by atoms with Gasteiger partial charge in [-0.05, 0) is 86.5 Å². The molecule has 0 fully saturated rings. The van der Waals surface area contributed by atoms with Crippen molar-refractivity contribution < 1.29 is 9.59 Å². The molecule has 27 heavy (non-hydrogen) atoms. The maximum Gasteiger partial charge on any atom is 0.163 e. The van der Waals surface area contributed by atoms with E-state index in [-0.39, 0.29) is 28.8 Å². The van der Waals surface area contributed by atoms with Gasteiger partial charge in [-0.1, -0.05) is 51.0 Å². The first-order valence-corrected chi connectivity index (χ1v) is 10.4. The number of carbonyl (C=O) groups excluding carboxylic acids is 2. The van der Waals surface area contributed by atoms with Gasteiger partial charge in [0.05, 0.1) is 6.42 Å². The molecule has 2 nitrogen and oxygen atoms in total. The molecule has 0 atom stereocenters. The zero-order chi connectivity index (χ0) is 20.2. The lowest BCUT2D eigenvalue weighted by Gasteiger charge is -2.32. The summed E-state index contributed by atoms with van der Waals surface area (Å²) in [5, 5.41) is 0. The van der Waals surface area contributed by atoms with Crippen molar-refractivity contribution >= 4 is 11.6 Å². The van der Waals surface area contributed by atoms with Gasteiger partial charge in [0.2, 0.25) is 0 Å². The quantitative estimate of drug-likeness (QED) is 0.387. The maximum absolute atomic E-state index is 12.3. The van der Waals surface area contributed by atoms with E-state index < -0.39 is 0 Å². The van der Waals surface area contributed by atoms with Crippen molar-refractivity contribution in [2.75, 3.05) is 0 Å². The van der Waals surface area contributed by atoms with E-state index in [0.717, 1.165) is 25.7 Å². The van der Waals surface area contributed by atoms with Crippen LogP contribution in [0.3, 0.4) is 0 Å². The highest BCUT2D eigenvalue weighted by molar-refractivity contribution is 6.08. The van der Waals surface area contributed by atoms with Gasteiger partial charge in [0.15, 0.2) is 11.6 Å². The zero-order valence-corrected chi connectivity index (χ0v) is 18.1. The van der Waals surface area contributed by atoms with Crippen LogP contribution in [-0.2, 0) is 9.59 Å². The van der Waals surface area contributed by atoms with Gasteiger partial charge >= 0.3 is 0 Å². The van der Waals surface area contributed by atoms with Crippen LogP contribution in [0.15, 0.2) is 46.6 Å². The second-order valence-corrected chi connectivity index (χ2v) is 9.64. The molecule has 0 saturated carbocycles. The van der Waals surface area contributed by atoms with Gasteiger partial charge in [-0.15, -0.1) is 0 Å². The Hall–Kier alpha value is -1.70. The third-order valence-electron chi connectivity index (χ3n) is 6.31. The third-order valence-corrected chi connectivity index (χ3v) is 6.31. The van der Waals surface area contributed by atoms with E-state index in [1.54, 1.807) is 12.2 Å². The van der Waals surface area contributed by atoms with Crippen LogP contribution >= 0.6 is 0 Å². The summed E-state index contributed by atoms with van der Waals surface area (Å²) in [6.45, 7) is 13.2. The zero-order valence-electron chi connectivity index (χ0n) is 18.1. The Morgan fingerprint density at radius 2 is 1.15 bits per heavy atom. The second kappa shape index (κ2) is 8.54. The summed E-state index contributed by atoms with van der Waals surface area (Å²) in [5.74, 6) is -0.222. The Morgan fingerprint density at radius 1 is 0.778 bits per heavy atom. The van der Waals surface area contributed by atoms with Gasteiger partial charge in [0.25, 0.3) is 0 Å². The van der Waals surface area contributed by atoms with E-state index in [9.17, 15) is 9.59 Å². The maximum atomic E-state index is 12.3. The number of carbonyl (C=O) groups is 2. The molecule has 0 radical (unpaired) electrons. The third kappa shape index (κ3) is 5.64. The lowest BCUT2D eigenvalue weighted by molar-refractivity contribution is -0.121. The molecule has 2 aliphatic carbocycles. The average Bonchev–Trinajstić information content (AvgIpc) is 2.52. The molecular weight excluding hydrogens is 332 g/mol. The van der Waals surface area contributed by atoms with E-state index in [0.29, 0.717) is 0 Å². The van der Waals surface area contributed by atoms with Crippen molar-refractivity contribution in [3.05, 3.63) is 46.6 Å². The van der Waals surface area contributed by atoms with E-state index in [2.05, 4.69) is 41.5 Å². The molecule has 0 bridgehead atoms. The fraction of sp³-hybridized carbons (Fsp3) is 0.600. The Labute approximate surface area is 165 Å². The highest BCUT2D eigenvalue weighted by Crippen LogP contribution is 2.41. The van der Waals surface area contributed by atoms with E-state index in [4.69, 9.17) is 0 Å². The van der Waals surface area contributed by atoms with Gasteiger partial charge in [0.1, 0.15) is 0 Å². The van der Waals surface area contributed by atoms with Crippen LogP contribution in [0.25, 0.3) is 0 Å². The number of ketones is 2. The number of allylic oxidation sites excluding steroid dienone is 8. The van der Waals surface area contributed by atoms with Gasteiger partial charge < -0.3 is 0 Å². The summed E-state index contributed by atoms with van der Waals surface area (Å²) in [6, 6.07) is 0. The molecular formula is C25H36O2. The minimum absolute atomic E-state index is 0.0491. The highest BCUT2D eigenvalue weighted by Gasteiger charge is 2.27. The fourth-order valence-corrected chi connectivity index (χ4v) is 4.66. The first-order valence-electron chi connectivity index (χ1n) is 10.4. The normalized spacial score (nSPS) is 22.7. The van der Waals surface area contributed by atoms with Crippen molar-refractivity contribution in [2.24, 2.45) is 10.8 Å². The summed E-state index contributed by atoms with van der Waals surface area (Å²) in [7, 11) is 0. The fourth-order valence-electron chi connectivity index (χ4n) is 4.66. The molecule has 148 valence electrons. The molecule has 0 unspecified atom stereocenters. The predicted octanol–water partition coefficient (Wildman–Crippen LogP) is 6.68. The van der Waals surface area contributed by atoms with Crippen molar-refractivity contribution in [1.82, 2.24) is 0 Å². The molecule has 0 heterocycles. The smallest absolute Gasteiger partial charge is 0.163 e. The largest absolute Gasteiger partial charge is 0.294 e. The molecule has 2 rings (SSSR count). The lowest BCUT2D eigenvalue weighted by atomic mass is 9.72. The van der Waals surface area contributed by atoms with Crippen LogP contribution < -0.4 is 0 Å². The number of hydrogen-bond acceptors (Lipinski definition) is 2. The molecule has 0 spiro atoms. The monoisotopic (exact) mass is 368 g/mol. The molecule has 0 N–H and O–H groups in total. The van der Waals surface area contributed by atoms with Crippen LogP contribution in [0.1, 0.15) is 86.5 Å². The van der Waals surface area contributed by atoms with Crippen molar-refractivity contribution in [3.63, 3.8) is 0 Å². The van der Waals surface area contributed by atoms with E-state index in [1.807, 2.05) is 12.2 Å².